The molecule has 0 aromatic heterocycles. The molecule has 22 nitrogen and oxygen atoms in total. The van der Waals surface area contributed by atoms with E-state index in [1.54, 1.807) is 44.2 Å². The smallest absolute Gasteiger partial charge is 0.328 e. The summed E-state index contributed by atoms with van der Waals surface area (Å²) in [5.41, 5.74) is 11.1. The van der Waals surface area contributed by atoms with Crippen molar-refractivity contribution >= 4 is 59.1 Å². The van der Waals surface area contributed by atoms with Crippen molar-refractivity contribution in [2.75, 3.05) is 19.6 Å². The summed E-state index contributed by atoms with van der Waals surface area (Å²) >= 11 is 0. The topological polar surface area (TPSA) is 359 Å². The second-order valence-corrected chi connectivity index (χ2v) is 13.5. The van der Waals surface area contributed by atoms with Gasteiger partial charge in [-0.2, -0.15) is 0 Å². The monoisotopic (exact) mass is 834 g/mol. The van der Waals surface area contributed by atoms with E-state index in [0.717, 1.165) is 0 Å². The molecule has 9 amide bonds. The standard InChI is InChI=1S/C37H58N10O12/c1-5-23(33(54)40-19-29(51)44-25(14-10-11-17-38)36(57)47-30(21(4)48)37(58)59)43-28(50)18-41-34(55)24(6-2)45-35(56)26(15-16-27(39)49)46-31(52)20(3)42-32(53)22-12-8-7-9-13-22/h7-9,12-13,20-21,23-26,30,48H,5-6,10-11,14-19,38H2,1-4H3,(H2,39,49)(H,40,54)(H,41,55)(H,42,53)(H,43,50)(H,44,51)(H,45,56)(H,46,52)(H,47,57)(H,58,59)/t20-,21+,23-,24-,25-,26-,30?/m0/s1. The van der Waals surface area contributed by atoms with E-state index in [-0.39, 0.29) is 32.1 Å². The van der Waals surface area contributed by atoms with Crippen molar-refractivity contribution in [1.29, 1.82) is 0 Å². The largest absolute Gasteiger partial charge is 0.480 e. The second kappa shape index (κ2) is 26.7. The highest BCUT2D eigenvalue weighted by molar-refractivity contribution is 5.99. The zero-order valence-electron chi connectivity index (χ0n) is 33.6. The Hall–Kier alpha value is -6.16. The number of nitrogens with two attached hydrogens (primary N) is 2. The Morgan fingerprint density at radius 3 is 1.61 bits per heavy atom. The van der Waals surface area contributed by atoms with Crippen LogP contribution in [0.25, 0.3) is 0 Å². The number of carbonyl (C=O) groups excluding carboxylic acids is 9. The van der Waals surface area contributed by atoms with E-state index in [1.165, 1.54) is 13.8 Å². The Labute approximate surface area is 341 Å². The number of aliphatic carboxylic acids is 1. The number of benzene rings is 1. The number of carboxylic acids is 1. The number of aliphatic hydroxyl groups excluding tert-OH is 1. The van der Waals surface area contributed by atoms with Gasteiger partial charge in [0.05, 0.1) is 19.2 Å². The van der Waals surface area contributed by atoms with Crippen molar-refractivity contribution in [3.8, 4) is 0 Å². The second-order valence-electron chi connectivity index (χ2n) is 13.5. The highest BCUT2D eigenvalue weighted by Gasteiger charge is 2.31. The number of amides is 9. The number of carbonyl (C=O) groups is 10. The van der Waals surface area contributed by atoms with Gasteiger partial charge in [0.25, 0.3) is 5.91 Å². The first-order chi connectivity index (χ1) is 27.8. The van der Waals surface area contributed by atoms with Crippen molar-refractivity contribution < 1.29 is 58.2 Å². The predicted octanol–water partition coefficient (Wildman–Crippen LogP) is -3.86. The van der Waals surface area contributed by atoms with Gasteiger partial charge in [0.15, 0.2) is 6.04 Å². The lowest BCUT2D eigenvalue weighted by Crippen LogP contribution is -2.57. The van der Waals surface area contributed by atoms with Crippen LogP contribution in [0.4, 0.5) is 0 Å². The first-order valence-corrected chi connectivity index (χ1v) is 19.1. The van der Waals surface area contributed by atoms with Crippen LogP contribution < -0.4 is 54.0 Å². The number of aliphatic hydroxyl groups is 1. The molecule has 0 saturated carbocycles. The third-order valence-corrected chi connectivity index (χ3v) is 8.68. The Kier molecular flexibility index (Phi) is 23.0. The molecule has 59 heavy (non-hydrogen) atoms. The third-order valence-electron chi connectivity index (χ3n) is 8.68. The van der Waals surface area contributed by atoms with E-state index in [0.29, 0.717) is 24.9 Å². The summed E-state index contributed by atoms with van der Waals surface area (Å²) in [6, 6.07) is 0.453. The molecule has 7 atom stereocenters. The molecule has 0 bridgehead atoms. The molecule has 0 aliphatic carbocycles. The first-order valence-electron chi connectivity index (χ1n) is 19.1. The van der Waals surface area contributed by atoms with Crippen LogP contribution >= 0.6 is 0 Å². The number of hydrogen-bond donors (Lipinski definition) is 12. The van der Waals surface area contributed by atoms with Gasteiger partial charge in [-0.3, -0.25) is 43.2 Å². The molecule has 1 rings (SSSR count). The van der Waals surface area contributed by atoms with E-state index in [2.05, 4.69) is 42.5 Å². The highest BCUT2D eigenvalue weighted by atomic mass is 16.4. The van der Waals surface area contributed by atoms with Gasteiger partial charge in [-0.25, -0.2) is 4.79 Å². The molecule has 0 aliphatic heterocycles. The van der Waals surface area contributed by atoms with Crippen molar-refractivity contribution in [1.82, 2.24) is 42.5 Å². The number of unbranched alkanes of at least 4 members (excludes halogenated alkanes) is 1. The zero-order valence-corrected chi connectivity index (χ0v) is 33.6. The predicted molar refractivity (Wildman–Crippen MR) is 210 cm³/mol. The quantitative estimate of drug-likeness (QED) is 0.0378. The van der Waals surface area contributed by atoms with Crippen LogP contribution in [0.1, 0.15) is 83.0 Å². The maximum atomic E-state index is 13.2. The minimum Gasteiger partial charge on any atom is -0.480 e. The van der Waals surface area contributed by atoms with Gasteiger partial charge in [0.1, 0.15) is 30.2 Å². The van der Waals surface area contributed by atoms with Crippen LogP contribution in [-0.2, 0) is 43.2 Å². The average molecular weight is 835 g/mol. The molecule has 0 heterocycles. The van der Waals surface area contributed by atoms with Crippen molar-refractivity contribution in [2.24, 2.45) is 11.5 Å². The van der Waals surface area contributed by atoms with Gasteiger partial charge in [-0.15, -0.1) is 0 Å². The molecule has 0 fully saturated rings. The van der Waals surface area contributed by atoms with Crippen molar-refractivity contribution in [3.63, 3.8) is 0 Å². The third kappa shape index (κ3) is 19.2. The molecule has 328 valence electrons. The summed E-state index contributed by atoms with van der Waals surface area (Å²) in [7, 11) is 0. The van der Waals surface area contributed by atoms with Crippen molar-refractivity contribution in [2.45, 2.75) is 115 Å². The average Bonchev–Trinajstić information content (AvgIpc) is 3.19. The minimum absolute atomic E-state index is 0.0392. The fraction of sp³-hybridized carbons (Fsp3) is 0.568. The Morgan fingerprint density at radius 2 is 1.12 bits per heavy atom. The van der Waals surface area contributed by atoms with Gasteiger partial charge < -0.3 is 64.2 Å². The molecule has 22 heteroatoms. The molecule has 14 N–H and O–H groups in total. The van der Waals surface area contributed by atoms with Crippen LogP contribution in [0.15, 0.2) is 30.3 Å². The molecular weight excluding hydrogens is 776 g/mol. The fourth-order valence-electron chi connectivity index (χ4n) is 5.24. The van der Waals surface area contributed by atoms with Crippen LogP contribution in [-0.4, -0.2) is 131 Å². The summed E-state index contributed by atoms with van der Waals surface area (Å²) in [6.07, 6.45) is -0.876. The van der Waals surface area contributed by atoms with Crippen LogP contribution in [0, 0.1) is 0 Å². The molecule has 1 unspecified atom stereocenters. The van der Waals surface area contributed by atoms with Crippen LogP contribution in [0.5, 0.6) is 0 Å². The number of carboxylic acid groups (broad SMARTS) is 1. The summed E-state index contributed by atoms with van der Waals surface area (Å²) < 4.78 is 0. The normalized spacial score (nSPS) is 14.3. The number of rotatable bonds is 27. The molecule has 0 saturated heterocycles. The van der Waals surface area contributed by atoms with Gasteiger partial charge in [-0.05, 0) is 71.0 Å². The van der Waals surface area contributed by atoms with Crippen LogP contribution in [0.3, 0.4) is 0 Å². The van der Waals surface area contributed by atoms with Gasteiger partial charge in [-0.1, -0.05) is 32.0 Å². The summed E-state index contributed by atoms with van der Waals surface area (Å²) in [5.74, 6) is -8.41. The minimum atomic E-state index is -1.63. The van der Waals surface area contributed by atoms with Gasteiger partial charge in [0.2, 0.25) is 47.3 Å². The van der Waals surface area contributed by atoms with E-state index in [4.69, 9.17) is 11.5 Å². The molecule has 0 spiro atoms. The van der Waals surface area contributed by atoms with E-state index < -0.39 is 115 Å². The Bertz CT molecular complexity index is 1630. The SMILES string of the molecule is CC[C@H](NC(=O)CNC(=O)[C@H](CC)NC(=O)[C@H](CCC(N)=O)NC(=O)[C@H](C)NC(=O)c1ccccc1)C(=O)NCC(=O)N[C@@H](CCCCN)C(=O)NC(C(=O)O)[C@@H](C)O. The summed E-state index contributed by atoms with van der Waals surface area (Å²) in [6.45, 7) is 4.74. The molecule has 1 aromatic rings. The molecule has 0 aliphatic rings. The Balaban J connectivity index is 2.78. The Morgan fingerprint density at radius 1 is 0.627 bits per heavy atom. The van der Waals surface area contributed by atoms with Gasteiger partial charge >= 0.3 is 5.97 Å². The summed E-state index contributed by atoms with van der Waals surface area (Å²) in [5, 5.41) is 38.1. The van der Waals surface area contributed by atoms with Crippen molar-refractivity contribution in [3.05, 3.63) is 35.9 Å². The molecule has 1 aromatic carbocycles. The lowest BCUT2D eigenvalue weighted by molar-refractivity contribution is -0.145. The molecule has 0 radical (unpaired) electrons. The lowest BCUT2D eigenvalue weighted by atomic mass is 10.1. The fourth-order valence-corrected chi connectivity index (χ4v) is 5.24. The number of hydrogen-bond acceptors (Lipinski definition) is 12. The van der Waals surface area contributed by atoms with E-state index >= 15 is 0 Å². The maximum absolute atomic E-state index is 13.2. The number of primary amides is 1. The molecular formula is C37H58N10O12. The van der Waals surface area contributed by atoms with Crippen LogP contribution in [0.2, 0.25) is 0 Å². The van der Waals surface area contributed by atoms with E-state index in [1.807, 2.05) is 0 Å². The lowest BCUT2D eigenvalue weighted by Gasteiger charge is -2.24. The van der Waals surface area contributed by atoms with Gasteiger partial charge in [0, 0.05) is 12.0 Å². The first kappa shape index (κ1) is 50.9. The summed E-state index contributed by atoms with van der Waals surface area (Å²) in [4.78, 5) is 126. The highest BCUT2D eigenvalue weighted by Crippen LogP contribution is 2.05. The number of nitrogens with one attached hydrogen (secondary N) is 8. The van der Waals surface area contributed by atoms with E-state index in [9.17, 15) is 58.2 Å². The maximum Gasteiger partial charge on any atom is 0.328 e. The zero-order chi connectivity index (χ0) is 44.7.